The van der Waals surface area contributed by atoms with Crippen molar-refractivity contribution in [2.24, 2.45) is 0 Å². The molecule has 0 spiro atoms. The Kier molecular flexibility index (Phi) is 8.64. The van der Waals surface area contributed by atoms with E-state index < -0.39 is 80.5 Å². The lowest BCUT2D eigenvalue weighted by atomic mass is 10.1. The lowest BCUT2D eigenvalue weighted by Gasteiger charge is -2.10. The lowest BCUT2D eigenvalue weighted by Crippen LogP contribution is -2.10. The minimum Gasteiger partial charge on any atom is -0.484 e. The fourth-order valence-electron chi connectivity index (χ4n) is 2.15. The monoisotopic (exact) mass is 462 g/mol. The minimum atomic E-state index is -2.85. The largest absolute Gasteiger partial charge is 0.484 e. The topological polar surface area (TPSA) is 95.5 Å². The molecule has 170 valence electrons. The quantitative estimate of drug-likeness (QED) is 0.193. The van der Waals surface area contributed by atoms with Gasteiger partial charge in [-0.3, -0.25) is 20.2 Å². The maximum Gasteiger partial charge on any atom is 0.343 e. The SMILES string of the molecule is CCc1c(F)c(OCC(F)F)cc(F)c1[N+](=O)[O-].O=[N+]([O-])c1c(F)cc(F)c(F)c1F. The third-order valence-electron chi connectivity index (χ3n) is 3.42. The van der Waals surface area contributed by atoms with Crippen molar-refractivity contribution in [2.75, 3.05) is 6.61 Å². The smallest absolute Gasteiger partial charge is 0.343 e. The number of nitrogens with zero attached hydrogens (tertiary/aromatic N) is 2. The molecule has 2 aromatic carbocycles. The molecule has 15 heteroatoms. The molecular formula is C16H10F8N2O5. The molecule has 0 aliphatic rings. The van der Waals surface area contributed by atoms with Gasteiger partial charge in [-0.25, -0.2) is 22.0 Å². The molecule has 0 aliphatic carbocycles. The third kappa shape index (κ3) is 5.99. The van der Waals surface area contributed by atoms with Gasteiger partial charge in [-0.05, 0) is 6.42 Å². The number of rotatable bonds is 6. The molecule has 31 heavy (non-hydrogen) atoms. The standard InChI is InChI=1S/C10H9F4NO3.C6HF4NO2/c1-2-5-9(14)7(18-4-8(12)13)3-6(11)10(5)15(16)17;7-2-1-3(8)6(11(12)13)5(10)4(2)9/h3,8H,2,4H2,1H3;1H. The second-order valence-electron chi connectivity index (χ2n) is 5.38. The Bertz CT molecular complexity index is 1000. The number of halogens is 8. The van der Waals surface area contributed by atoms with E-state index in [0.29, 0.717) is 6.07 Å². The fraction of sp³-hybridized carbons (Fsp3) is 0.250. The Morgan fingerprint density at radius 2 is 1.35 bits per heavy atom. The summed E-state index contributed by atoms with van der Waals surface area (Å²) in [6, 6.07) is 0.311. The predicted molar refractivity (Wildman–Crippen MR) is 86.8 cm³/mol. The Hall–Kier alpha value is -3.52. The highest BCUT2D eigenvalue weighted by atomic mass is 19.3. The van der Waals surface area contributed by atoms with Gasteiger partial charge in [-0.2, -0.15) is 13.2 Å². The molecule has 7 nitrogen and oxygen atoms in total. The van der Waals surface area contributed by atoms with Crippen LogP contribution in [0.2, 0.25) is 0 Å². The van der Waals surface area contributed by atoms with Gasteiger partial charge >= 0.3 is 11.4 Å². The predicted octanol–water partition coefficient (Wildman–Crippen LogP) is 5.23. The van der Waals surface area contributed by atoms with Crippen molar-refractivity contribution in [3.63, 3.8) is 0 Å². The molecule has 2 rings (SSSR count). The molecule has 0 amide bonds. The van der Waals surface area contributed by atoms with Crippen molar-refractivity contribution in [1.29, 1.82) is 0 Å². The van der Waals surface area contributed by atoms with E-state index in [1.54, 1.807) is 0 Å². The summed E-state index contributed by atoms with van der Waals surface area (Å²) in [5, 5.41) is 20.5. The molecule has 0 aliphatic heterocycles. The normalized spacial score (nSPS) is 10.5. The lowest BCUT2D eigenvalue weighted by molar-refractivity contribution is -0.390. The summed E-state index contributed by atoms with van der Waals surface area (Å²) in [7, 11) is 0. The first-order valence-corrected chi connectivity index (χ1v) is 7.86. The van der Waals surface area contributed by atoms with Crippen molar-refractivity contribution in [2.45, 2.75) is 19.8 Å². The Morgan fingerprint density at radius 1 is 0.839 bits per heavy atom. The summed E-state index contributed by atoms with van der Waals surface area (Å²) in [5.74, 6) is -11.0. The van der Waals surface area contributed by atoms with Crippen molar-refractivity contribution in [3.05, 3.63) is 72.8 Å². The van der Waals surface area contributed by atoms with E-state index in [9.17, 15) is 55.4 Å². The third-order valence-corrected chi connectivity index (χ3v) is 3.42. The Balaban J connectivity index is 0.000000327. The number of nitro benzene ring substituents is 2. The highest BCUT2D eigenvalue weighted by molar-refractivity contribution is 5.48. The van der Waals surface area contributed by atoms with E-state index in [-0.39, 0.29) is 12.5 Å². The van der Waals surface area contributed by atoms with Crippen LogP contribution in [0.4, 0.5) is 46.5 Å². The number of ether oxygens (including phenoxy) is 1. The van der Waals surface area contributed by atoms with Crippen molar-refractivity contribution in [1.82, 2.24) is 0 Å². The second-order valence-corrected chi connectivity index (χ2v) is 5.38. The number of benzene rings is 2. The van der Waals surface area contributed by atoms with Crippen LogP contribution < -0.4 is 4.74 Å². The van der Waals surface area contributed by atoms with Crippen LogP contribution in [0, 0.1) is 55.1 Å². The summed E-state index contributed by atoms with van der Waals surface area (Å²) in [5.41, 5.74) is -3.21. The van der Waals surface area contributed by atoms with Crippen LogP contribution in [-0.2, 0) is 6.42 Å². The molecule has 2 aromatic rings. The van der Waals surface area contributed by atoms with E-state index in [2.05, 4.69) is 4.74 Å². The molecule has 0 atom stereocenters. The van der Waals surface area contributed by atoms with Crippen LogP contribution in [-0.4, -0.2) is 22.9 Å². The number of alkyl halides is 2. The minimum absolute atomic E-state index is 0.0868. The summed E-state index contributed by atoms with van der Waals surface area (Å²) in [6.07, 6.45) is -3.02. The molecule has 0 bridgehead atoms. The number of hydrogen-bond acceptors (Lipinski definition) is 5. The zero-order valence-electron chi connectivity index (χ0n) is 15.1. The maximum absolute atomic E-state index is 13.7. The molecule has 0 fully saturated rings. The van der Waals surface area contributed by atoms with E-state index in [1.807, 2.05) is 0 Å². The number of hydrogen-bond donors (Lipinski definition) is 0. The first kappa shape index (κ1) is 25.5. The molecule has 0 saturated heterocycles. The average molecular weight is 462 g/mol. The molecule has 0 N–H and O–H groups in total. The number of nitro groups is 2. The van der Waals surface area contributed by atoms with Crippen LogP contribution in [0.15, 0.2) is 12.1 Å². The van der Waals surface area contributed by atoms with Gasteiger partial charge in [0, 0.05) is 12.1 Å². The first-order chi connectivity index (χ1) is 14.3. The van der Waals surface area contributed by atoms with Crippen LogP contribution in [0.25, 0.3) is 0 Å². The summed E-state index contributed by atoms with van der Waals surface area (Å²) < 4.78 is 105. The van der Waals surface area contributed by atoms with E-state index in [4.69, 9.17) is 0 Å². The van der Waals surface area contributed by atoms with Gasteiger partial charge in [-0.1, -0.05) is 6.92 Å². The highest BCUT2D eigenvalue weighted by Gasteiger charge is 2.28. The Labute approximate surface area is 167 Å². The van der Waals surface area contributed by atoms with Gasteiger partial charge in [0.05, 0.1) is 15.4 Å². The van der Waals surface area contributed by atoms with Crippen LogP contribution in [0.3, 0.4) is 0 Å². The van der Waals surface area contributed by atoms with Gasteiger partial charge in [-0.15, -0.1) is 0 Å². The zero-order valence-corrected chi connectivity index (χ0v) is 15.1. The molecule has 0 aromatic heterocycles. The van der Waals surface area contributed by atoms with Crippen LogP contribution >= 0.6 is 0 Å². The second kappa shape index (κ2) is 10.5. The summed E-state index contributed by atoms with van der Waals surface area (Å²) >= 11 is 0. The fourth-order valence-corrected chi connectivity index (χ4v) is 2.15. The van der Waals surface area contributed by atoms with E-state index in [0.717, 1.165) is 0 Å². The van der Waals surface area contributed by atoms with E-state index in [1.165, 1.54) is 6.92 Å². The average Bonchev–Trinajstić information content (AvgIpc) is 2.66. The maximum atomic E-state index is 13.7. The summed E-state index contributed by atoms with van der Waals surface area (Å²) in [6.45, 7) is 0.263. The van der Waals surface area contributed by atoms with Crippen molar-refractivity contribution >= 4 is 11.4 Å². The summed E-state index contributed by atoms with van der Waals surface area (Å²) in [4.78, 5) is 18.0. The first-order valence-electron chi connectivity index (χ1n) is 7.86. The van der Waals surface area contributed by atoms with E-state index >= 15 is 0 Å². The molecule has 0 radical (unpaired) electrons. The molecule has 0 unspecified atom stereocenters. The van der Waals surface area contributed by atoms with Gasteiger partial charge in [0.1, 0.15) is 6.61 Å². The van der Waals surface area contributed by atoms with Gasteiger partial charge in [0.15, 0.2) is 17.4 Å². The van der Waals surface area contributed by atoms with Gasteiger partial charge in [0.2, 0.25) is 23.3 Å². The molecule has 0 heterocycles. The Morgan fingerprint density at radius 3 is 1.81 bits per heavy atom. The molecule has 0 saturated carbocycles. The van der Waals surface area contributed by atoms with Crippen molar-refractivity contribution in [3.8, 4) is 5.75 Å². The molecular weight excluding hydrogens is 452 g/mol. The van der Waals surface area contributed by atoms with Crippen LogP contribution in [0.5, 0.6) is 5.75 Å². The van der Waals surface area contributed by atoms with Crippen LogP contribution in [0.1, 0.15) is 12.5 Å². The van der Waals surface area contributed by atoms with Crippen molar-refractivity contribution < 1.29 is 49.7 Å². The van der Waals surface area contributed by atoms with Gasteiger partial charge < -0.3 is 4.74 Å². The van der Waals surface area contributed by atoms with Gasteiger partial charge in [0.25, 0.3) is 6.43 Å². The highest BCUT2D eigenvalue weighted by Crippen LogP contribution is 2.32. The zero-order chi connectivity index (χ0) is 24.0.